The van der Waals surface area contributed by atoms with Gasteiger partial charge in [-0.2, -0.15) is 0 Å². The first-order valence-electron chi connectivity index (χ1n) is 8.31. The van der Waals surface area contributed by atoms with Crippen LogP contribution < -0.4 is 0 Å². The van der Waals surface area contributed by atoms with Gasteiger partial charge in [0, 0.05) is 7.11 Å². The van der Waals surface area contributed by atoms with Gasteiger partial charge in [-0.1, -0.05) is 36.4 Å². The minimum absolute atomic E-state index is 0.130. The topological polar surface area (TPSA) is 71.1 Å². The molecular weight excluding hydrogens is 336 g/mol. The molecule has 0 aromatic heterocycles. The van der Waals surface area contributed by atoms with Gasteiger partial charge >= 0.3 is 11.9 Å². The van der Waals surface area contributed by atoms with E-state index in [0.717, 1.165) is 0 Å². The largest absolute Gasteiger partial charge is 0.452 e. The summed E-state index contributed by atoms with van der Waals surface area (Å²) in [6.07, 6.45) is -2.03. The van der Waals surface area contributed by atoms with Gasteiger partial charge in [0.05, 0.1) is 24.3 Å². The second-order valence-corrected chi connectivity index (χ2v) is 5.86. The van der Waals surface area contributed by atoms with Gasteiger partial charge in [0.15, 0.2) is 12.2 Å². The van der Waals surface area contributed by atoms with Crippen LogP contribution in [0.1, 0.15) is 20.7 Å². The fourth-order valence-corrected chi connectivity index (χ4v) is 2.73. The predicted molar refractivity (Wildman–Crippen MR) is 92.9 cm³/mol. The van der Waals surface area contributed by atoms with Crippen LogP contribution in [0.25, 0.3) is 0 Å². The maximum absolute atomic E-state index is 12.4. The van der Waals surface area contributed by atoms with Crippen molar-refractivity contribution in [3.05, 3.63) is 71.8 Å². The van der Waals surface area contributed by atoms with E-state index in [1.165, 1.54) is 7.11 Å². The van der Waals surface area contributed by atoms with Crippen molar-refractivity contribution in [2.24, 2.45) is 0 Å². The van der Waals surface area contributed by atoms with Crippen LogP contribution in [0.5, 0.6) is 0 Å². The van der Waals surface area contributed by atoms with E-state index in [2.05, 4.69) is 0 Å². The molecule has 1 aliphatic heterocycles. The number of carbonyl (C=O) groups excluding carboxylic acids is 2. The Labute approximate surface area is 151 Å². The Hall–Kier alpha value is -2.70. The van der Waals surface area contributed by atoms with Gasteiger partial charge in [0.25, 0.3) is 0 Å². The van der Waals surface area contributed by atoms with E-state index in [1.807, 2.05) is 12.1 Å². The monoisotopic (exact) mass is 356 g/mol. The highest BCUT2D eigenvalue weighted by atomic mass is 16.6. The van der Waals surface area contributed by atoms with E-state index in [9.17, 15) is 9.59 Å². The zero-order chi connectivity index (χ0) is 18.4. The normalized spacial score (nSPS) is 22.4. The molecule has 6 heteroatoms. The number of carbonyl (C=O) groups is 2. The van der Waals surface area contributed by atoms with E-state index in [4.69, 9.17) is 18.9 Å². The van der Waals surface area contributed by atoms with Crippen LogP contribution in [-0.4, -0.2) is 50.6 Å². The first kappa shape index (κ1) is 18.1. The second kappa shape index (κ2) is 8.60. The Bertz CT molecular complexity index is 730. The van der Waals surface area contributed by atoms with Gasteiger partial charge in [-0.25, -0.2) is 9.59 Å². The Morgan fingerprint density at radius 2 is 1.31 bits per heavy atom. The molecule has 3 atom stereocenters. The summed E-state index contributed by atoms with van der Waals surface area (Å²) in [4.78, 5) is 24.8. The first-order chi connectivity index (χ1) is 12.7. The van der Waals surface area contributed by atoms with Crippen molar-refractivity contribution in [3.63, 3.8) is 0 Å². The fourth-order valence-electron chi connectivity index (χ4n) is 2.73. The minimum atomic E-state index is -0.755. The van der Waals surface area contributed by atoms with E-state index in [0.29, 0.717) is 11.1 Å². The summed E-state index contributed by atoms with van der Waals surface area (Å²) in [5, 5.41) is 0. The first-order valence-corrected chi connectivity index (χ1v) is 8.31. The molecule has 0 radical (unpaired) electrons. The molecule has 0 N–H and O–H groups in total. The van der Waals surface area contributed by atoms with E-state index < -0.39 is 30.3 Å². The maximum Gasteiger partial charge on any atom is 0.338 e. The zero-order valence-corrected chi connectivity index (χ0v) is 14.4. The molecule has 1 aliphatic rings. The van der Waals surface area contributed by atoms with Crippen molar-refractivity contribution in [3.8, 4) is 0 Å². The van der Waals surface area contributed by atoms with Crippen LogP contribution in [0.4, 0.5) is 0 Å². The number of esters is 2. The maximum atomic E-state index is 12.4. The Morgan fingerprint density at radius 1 is 0.808 bits per heavy atom. The third-order valence-electron chi connectivity index (χ3n) is 4.12. The van der Waals surface area contributed by atoms with Gasteiger partial charge in [0.1, 0.15) is 6.10 Å². The number of hydrogen-bond acceptors (Lipinski definition) is 6. The Morgan fingerprint density at radius 3 is 1.85 bits per heavy atom. The fraction of sp³-hybridized carbons (Fsp3) is 0.300. The molecule has 2 aromatic rings. The van der Waals surface area contributed by atoms with E-state index in [1.54, 1.807) is 48.5 Å². The molecule has 1 fully saturated rings. The van der Waals surface area contributed by atoms with Crippen LogP contribution in [0, 0.1) is 0 Å². The van der Waals surface area contributed by atoms with Gasteiger partial charge in [0.2, 0.25) is 0 Å². The molecule has 0 saturated carbocycles. The summed E-state index contributed by atoms with van der Waals surface area (Å²) in [6, 6.07) is 17.3. The van der Waals surface area contributed by atoms with E-state index in [-0.39, 0.29) is 13.2 Å². The molecule has 26 heavy (non-hydrogen) atoms. The Kier molecular flexibility index (Phi) is 5.99. The quantitative estimate of drug-likeness (QED) is 0.767. The standard InChI is InChI=1S/C20H20O6/c1-23-16-12-24-13-17(25-19(21)14-8-4-2-5-9-14)18(16)26-20(22)15-10-6-3-7-11-15/h2-11,16-18H,12-13H2,1H3/t16-,17-,18+/m0/s1. The average Bonchev–Trinajstić information content (AvgIpc) is 2.70. The predicted octanol–water partition coefficient (Wildman–Crippen LogP) is 2.48. The smallest absolute Gasteiger partial charge is 0.338 e. The number of ether oxygens (including phenoxy) is 4. The lowest BCUT2D eigenvalue weighted by molar-refractivity contribution is -0.164. The molecule has 0 bridgehead atoms. The summed E-state index contributed by atoms with van der Waals surface area (Å²) < 4.78 is 22.0. The second-order valence-electron chi connectivity index (χ2n) is 5.86. The number of rotatable bonds is 5. The lowest BCUT2D eigenvalue weighted by atomic mass is 10.1. The molecule has 2 aromatic carbocycles. The summed E-state index contributed by atoms with van der Waals surface area (Å²) in [5.41, 5.74) is 0.835. The van der Waals surface area contributed by atoms with Crippen molar-refractivity contribution in [2.45, 2.75) is 18.3 Å². The molecule has 0 spiro atoms. The molecule has 0 unspecified atom stereocenters. The highest BCUT2D eigenvalue weighted by Crippen LogP contribution is 2.21. The molecular formula is C20H20O6. The third kappa shape index (κ3) is 4.28. The van der Waals surface area contributed by atoms with Crippen molar-refractivity contribution in [1.29, 1.82) is 0 Å². The molecule has 0 amide bonds. The summed E-state index contributed by atoms with van der Waals surface area (Å²) in [6.45, 7) is 0.383. The van der Waals surface area contributed by atoms with Crippen LogP contribution >= 0.6 is 0 Å². The van der Waals surface area contributed by atoms with Crippen molar-refractivity contribution in [2.75, 3.05) is 20.3 Å². The summed E-state index contributed by atoms with van der Waals surface area (Å²) in [7, 11) is 1.50. The lowest BCUT2D eigenvalue weighted by Gasteiger charge is -2.35. The van der Waals surface area contributed by atoms with Crippen molar-refractivity contribution in [1.82, 2.24) is 0 Å². The average molecular weight is 356 g/mol. The van der Waals surface area contributed by atoms with Crippen molar-refractivity contribution < 1.29 is 28.5 Å². The van der Waals surface area contributed by atoms with Crippen LogP contribution in [0.2, 0.25) is 0 Å². The van der Waals surface area contributed by atoms with Gasteiger partial charge < -0.3 is 18.9 Å². The molecule has 1 heterocycles. The molecule has 1 saturated heterocycles. The molecule has 136 valence electrons. The highest BCUT2D eigenvalue weighted by Gasteiger charge is 2.40. The minimum Gasteiger partial charge on any atom is -0.452 e. The molecule has 6 nitrogen and oxygen atoms in total. The Balaban J connectivity index is 1.74. The number of benzene rings is 2. The number of hydrogen-bond donors (Lipinski definition) is 0. The third-order valence-corrected chi connectivity index (χ3v) is 4.12. The highest BCUT2D eigenvalue weighted by molar-refractivity contribution is 5.90. The van der Waals surface area contributed by atoms with Crippen LogP contribution in [0.3, 0.4) is 0 Å². The lowest BCUT2D eigenvalue weighted by Crippen LogP contribution is -2.52. The molecule has 0 aliphatic carbocycles. The summed E-state index contributed by atoms with van der Waals surface area (Å²) in [5.74, 6) is -1.00. The van der Waals surface area contributed by atoms with Crippen LogP contribution in [-0.2, 0) is 18.9 Å². The summed E-state index contributed by atoms with van der Waals surface area (Å²) >= 11 is 0. The van der Waals surface area contributed by atoms with Crippen molar-refractivity contribution >= 4 is 11.9 Å². The van der Waals surface area contributed by atoms with E-state index >= 15 is 0 Å². The van der Waals surface area contributed by atoms with Gasteiger partial charge in [-0.3, -0.25) is 0 Å². The SMILES string of the molecule is CO[C@H]1COC[C@H](OC(=O)c2ccccc2)[C@@H]1OC(=O)c1ccccc1. The molecule has 3 rings (SSSR count). The van der Waals surface area contributed by atoms with Gasteiger partial charge in [-0.15, -0.1) is 0 Å². The number of methoxy groups -OCH3 is 1. The zero-order valence-electron chi connectivity index (χ0n) is 14.4. The van der Waals surface area contributed by atoms with Crippen LogP contribution in [0.15, 0.2) is 60.7 Å². The van der Waals surface area contributed by atoms with Gasteiger partial charge in [-0.05, 0) is 24.3 Å².